The largest absolute Gasteiger partial charge is 0.392 e. The van der Waals surface area contributed by atoms with E-state index in [-0.39, 0.29) is 23.2 Å². The third-order valence-electron chi connectivity index (χ3n) is 3.06. The van der Waals surface area contributed by atoms with E-state index in [1.807, 2.05) is 0 Å². The molecule has 0 bridgehead atoms. The van der Waals surface area contributed by atoms with Gasteiger partial charge in [-0.25, -0.2) is 0 Å². The number of hydrogen-bond donors (Lipinski definition) is 2. The molecule has 0 saturated heterocycles. The predicted octanol–water partition coefficient (Wildman–Crippen LogP) is 0.905. The van der Waals surface area contributed by atoms with Crippen LogP contribution in [-0.2, 0) is 4.79 Å². The van der Waals surface area contributed by atoms with Crippen molar-refractivity contribution in [2.24, 2.45) is 23.0 Å². The Hall–Kier alpha value is -0.570. The Bertz CT molecular complexity index is 207. The van der Waals surface area contributed by atoms with Crippen LogP contribution < -0.4 is 5.73 Å². The lowest BCUT2D eigenvalue weighted by Crippen LogP contribution is -2.38. The van der Waals surface area contributed by atoms with Crippen LogP contribution in [-0.4, -0.2) is 17.1 Å². The van der Waals surface area contributed by atoms with Crippen LogP contribution in [0.4, 0.5) is 0 Å². The minimum Gasteiger partial charge on any atom is -0.392 e. The van der Waals surface area contributed by atoms with Crippen LogP contribution in [0.3, 0.4) is 0 Å². The SMILES string of the molecule is CC(C)(C)[C@H]1CC[C@H](O)[C@@H]1C(N)=O. The van der Waals surface area contributed by atoms with E-state index in [4.69, 9.17) is 5.73 Å². The van der Waals surface area contributed by atoms with Gasteiger partial charge in [0.25, 0.3) is 0 Å². The van der Waals surface area contributed by atoms with Crippen molar-refractivity contribution < 1.29 is 9.90 Å². The lowest BCUT2D eigenvalue weighted by molar-refractivity contribution is -0.127. The van der Waals surface area contributed by atoms with Crippen molar-refractivity contribution in [3.63, 3.8) is 0 Å². The summed E-state index contributed by atoms with van der Waals surface area (Å²) in [6.07, 6.45) is 1.08. The molecule has 0 aliphatic heterocycles. The standard InChI is InChI=1S/C10H19NO2/c1-10(2,3)6-4-5-7(12)8(6)9(11)13/h6-8,12H,4-5H2,1-3H3,(H2,11,13)/t6-,7-,8+/m0/s1. The molecule has 1 saturated carbocycles. The van der Waals surface area contributed by atoms with Gasteiger partial charge < -0.3 is 10.8 Å². The van der Waals surface area contributed by atoms with Gasteiger partial charge >= 0.3 is 0 Å². The van der Waals surface area contributed by atoms with Gasteiger partial charge in [-0.05, 0) is 24.2 Å². The second kappa shape index (κ2) is 3.29. The van der Waals surface area contributed by atoms with Crippen LogP contribution in [0, 0.1) is 17.3 Å². The van der Waals surface area contributed by atoms with Crippen LogP contribution in [0.1, 0.15) is 33.6 Å². The first-order chi connectivity index (χ1) is 5.84. The zero-order valence-electron chi connectivity index (χ0n) is 8.58. The third kappa shape index (κ3) is 2.02. The summed E-state index contributed by atoms with van der Waals surface area (Å²) in [5.41, 5.74) is 5.33. The maximum atomic E-state index is 11.1. The smallest absolute Gasteiger partial charge is 0.223 e. The Balaban J connectivity index is 2.82. The molecule has 0 aromatic carbocycles. The minimum absolute atomic E-state index is 0.0528. The van der Waals surface area contributed by atoms with Gasteiger partial charge in [0, 0.05) is 0 Å². The van der Waals surface area contributed by atoms with Crippen molar-refractivity contribution in [1.29, 1.82) is 0 Å². The average Bonchev–Trinajstić information content (AvgIpc) is 2.28. The van der Waals surface area contributed by atoms with Gasteiger partial charge in [-0.2, -0.15) is 0 Å². The van der Waals surface area contributed by atoms with Crippen molar-refractivity contribution >= 4 is 5.91 Å². The summed E-state index contributed by atoms with van der Waals surface area (Å²) in [4.78, 5) is 11.1. The third-order valence-corrected chi connectivity index (χ3v) is 3.06. The molecule has 3 atom stereocenters. The first-order valence-corrected chi connectivity index (χ1v) is 4.81. The maximum Gasteiger partial charge on any atom is 0.223 e. The van der Waals surface area contributed by atoms with E-state index in [9.17, 15) is 9.90 Å². The van der Waals surface area contributed by atoms with E-state index < -0.39 is 6.10 Å². The second-order valence-corrected chi connectivity index (χ2v) is 5.05. The number of rotatable bonds is 1. The Morgan fingerprint density at radius 3 is 2.23 bits per heavy atom. The summed E-state index contributed by atoms with van der Waals surface area (Å²) in [6, 6.07) is 0. The Morgan fingerprint density at radius 2 is 1.92 bits per heavy atom. The molecule has 76 valence electrons. The molecule has 0 radical (unpaired) electrons. The number of amides is 1. The summed E-state index contributed by atoms with van der Waals surface area (Å²) >= 11 is 0. The maximum absolute atomic E-state index is 11.1. The molecule has 0 heterocycles. The molecule has 13 heavy (non-hydrogen) atoms. The van der Waals surface area contributed by atoms with Gasteiger partial charge in [-0.3, -0.25) is 4.79 Å². The fraction of sp³-hybridized carbons (Fsp3) is 0.900. The summed E-state index contributed by atoms with van der Waals surface area (Å²) < 4.78 is 0. The fourth-order valence-corrected chi connectivity index (χ4v) is 2.34. The highest BCUT2D eigenvalue weighted by Gasteiger charge is 2.44. The van der Waals surface area contributed by atoms with Gasteiger partial charge in [0.05, 0.1) is 12.0 Å². The van der Waals surface area contributed by atoms with E-state index in [0.717, 1.165) is 6.42 Å². The van der Waals surface area contributed by atoms with Crippen LogP contribution in [0.25, 0.3) is 0 Å². The van der Waals surface area contributed by atoms with E-state index in [1.54, 1.807) is 0 Å². The molecule has 1 aliphatic rings. The monoisotopic (exact) mass is 185 g/mol. The molecule has 3 heteroatoms. The summed E-state index contributed by atoms with van der Waals surface area (Å²) in [5, 5.41) is 9.59. The number of aliphatic hydroxyl groups is 1. The van der Waals surface area contributed by atoms with Gasteiger partial charge in [-0.1, -0.05) is 20.8 Å². The summed E-state index contributed by atoms with van der Waals surface area (Å²) in [6.45, 7) is 6.27. The zero-order valence-corrected chi connectivity index (χ0v) is 8.58. The van der Waals surface area contributed by atoms with Crippen molar-refractivity contribution in [2.75, 3.05) is 0 Å². The van der Waals surface area contributed by atoms with Crippen molar-refractivity contribution in [2.45, 2.75) is 39.7 Å². The zero-order chi connectivity index (χ0) is 10.2. The summed E-state index contributed by atoms with van der Waals surface area (Å²) in [5.74, 6) is -0.482. The number of carbonyl (C=O) groups is 1. The van der Waals surface area contributed by atoms with Crippen molar-refractivity contribution in [3.8, 4) is 0 Å². The number of aliphatic hydroxyl groups excluding tert-OH is 1. The Kier molecular flexibility index (Phi) is 2.66. The molecular formula is C10H19NO2. The highest BCUT2D eigenvalue weighted by atomic mass is 16.3. The molecule has 0 unspecified atom stereocenters. The topological polar surface area (TPSA) is 63.3 Å². The van der Waals surface area contributed by atoms with Crippen LogP contribution in [0.15, 0.2) is 0 Å². The van der Waals surface area contributed by atoms with Crippen molar-refractivity contribution in [1.82, 2.24) is 0 Å². The molecule has 0 spiro atoms. The Morgan fingerprint density at radius 1 is 1.38 bits per heavy atom. The van der Waals surface area contributed by atoms with E-state index >= 15 is 0 Å². The molecule has 3 nitrogen and oxygen atoms in total. The average molecular weight is 185 g/mol. The lowest BCUT2D eigenvalue weighted by atomic mass is 9.74. The molecule has 1 rings (SSSR count). The quantitative estimate of drug-likeness (QED) is 0.637. The lowest BCUT2D eigenvalue weighted by Gasteiger charge is -2.31. The Labute approximate surface area is 79.3 Å². The van der Waals surface area contributed by atoms with Gasteiger partial charge in [0.2, 0.25) is 5.91 Å². The molecule has 1 aliphatic carbocycles. The van der Waals surface area contributed by atoms with Crippen LogP contribution >= 0.6 is 0 Å². The normalized spacial score (nSPS) is 34.9. The van der Waals surface area contributed by atoms with Crippen LogP contribution in [0.5, 0.6) is 0 Å². The number of primary amides is 1. The number of carbonyl (C=O) groups excluding carboxylic acids is 1. The van der Waals surface area contributed by atoms with Crippen molar-refractivity contribution in [3.05, 3.63) is 0 Å². The highest BCUT2D eigenvalue weighted by Crippen LogP contribution is 2.43. The molecule has 3 N–H and O–H groups in total. The van der Waals surface area contributed by atoms with E-state index in [2.05, 4.69) is 20.8 Å². The first kappa shape index (κ1) is 10.5. The molecule has 1 amide bonds. The molecular weight excluding hydrogens is 166 g/mol. The van der Waals surface area contributed by atoms with Crippen LogP contribution in [0.2, 0.25) is 0 Å². The molecule has 1 fully saturated rings. The van der Waals surface area contributed by atoms with Gasteiger partial charge in [0.15, 0.2) is 0 Å². The van der Waals surface area contributed by atoms with E-state index in [1.165, 1.54) is 0 Å². The summed E-state index contributed by atoms with van der Waals surface area (Å²) in [7, 11) is 0. The highest BCUT2D eigenvalue weighted by molar-refractivity contribution is 5.78. The van der Waals surface area contributed by atoms with Gasteiger partial charge in [0.1, 0.15) is 0 Å². The number of nitrogens with two attached hydrogens (primary N) is 1. The number of hydrogen-bond acceptors (Lipinski definition) is 2. The first-order valence-electron chi connectivity index (χ1n) is 4.81. The molecule has 0 aromatic rings. The molecule has 0 aromatic heterocycles. The second-order valence-electron chi connectivity index (χ2n) is 5.05. The van der Waals surface area contributed by atoms with Gasteiger partial charge in [-0.15, -0.1) is 0 Å². The fourth-order valence-electron chi connectivity index (χ4n) is 2.34. The predicted molar refractivity (Wildman–Crippen MR) is 50.9 cm³/mol. The van der Waals surface area contributed by atoms with E-state index in [0.29, 0.717) is 6.42 Å². The minimum atomic E-state index is -0.526.